The molecule has 2 rings (SSSR count). The third-order valence-corrected chi connectivity index (χ3v) is 4.39. The molecule has 1 aromatic carbocycles. The molecule has 1 aliphatic carbocycles. The monoisotopic (exact) mass is 233 g/mol. The van der Waals surface area contributed by atoms with Crippen molar-refractivity contribution >= 4 is 0 Å². The van der Waals surface area contributed by atoms with E-state index in [-0.39, 0.29) is 5.41 Å². The summed E-state index contributed by atoms with van der Waals surface area (Å²) in [6.45, 7) is 4.76. The van der Waals surface area contributed by atoms with Crippen molar-refractivity contribution in [1.82, 2.24) is 0 Å². The predicted octanol–water partition coefficient (Wildman–Crippen LogP) is 2.52. The normalized spacial score (nSPS) is 33.6. The first kappa shape index (κ1) is 12.6. The lowest BCUT2D eigenvalue weighted by Gasteiger charge is -2.43. The van der Waals surface area contributed by atoms with Crippen LogP contribution in [0, 0.1) is 6.92 Å². The molecule has 94 valence electrons. The summed E-state index contributed by atoms with van der Waals surface area (Å²) in [5, 5.41) is 10.1. The average Bonchev–Trinajstić information content (AvgIpc) is 2.31. The number of rotatable bonds is 2. The summed E-state index contributed by atoms with van der Waals surface area (Å²) in [6.07, 6.45) is 3.67. The molecule has 0 amide bonds. The molecule has 0 aliphatic heterocycles. The Balaban J connectivity index is 2.31. The first-order valence-corrected chi connectivity index (χ1v) is 6.48. The summed E-state index contributed by atoms with van der Waals surface area (Å²) in [5.74, 6) is 0. The van der Waals surface area contributed by atoms with E-state index in [9.17, 15) is 5.11 Å². The quantitative estimate of drug-likeness (QED) is 0.824. The Morgan fingerprint density at radius 1 is 1.18 bits per heavy atom. The molecule has 1 saturated carbocycles. The van der Waals surface area contributed by atoms with Crippen molar-refractivity contribution in [2.24, 2.45) is 5.73 Å². The average molecular weight is 233 g/mol. The maximum absolute atomic E-state index is 10.1. The van der Waals surface area contributed by atoms with Crippen molar-refractivity contribution < 1.29 is 5.11 Å². The Hall–Kier alpha value is -0.860. The fraction of sp³-hybridized carbons (Fsp3) is 0.600. The van der Waals surface area contributed by atoms with Crippen molar-refractivity contribution in [3.63, 3.8) is 0 Å². The minimum atomic E-state index is -0.499. The van der Waals surface area contributed by atoms with E-state index in [2.05, 4.69) is 31.2 Å². The molecule has 0 bridgehead atoms. The van der Waals surface area contributed by atoms with Crippen LogP contribution < -0.4 is 5.73 Å². The van der Waals surface area contributed by atoms with Gasteiger partial charge in [-0.3, -0.25) is 0 Å². The van der Waals surface area contributed by atoms with Gasteiger partial charge >= 0.3 is 0 Å². The zero-order valence-electron chi connectivity index (χ0n) is 10.9. The second-order valence-corrected chi connectivity index (χ2v) is 5.80. The molecular formula is C15H23NO. The number of benzene rings is 1. The highest BCUT2D eigenvalue weighted by Crippen LogP contribution is 2.43. The van der Waals surface area contributed by atoms with E-state index in [1.807, 2.05) is 6.92 Å². The minimum absolute atomic E-state index is 0.0770. The molecular weight excluding hydrogens is 210 g/mol. The van der Waals surface area contributed by atoms with E-state index in [4.69, 9.17) is 5.73 Å². The molecule has 0 atom stereocenters. The Kier molecular flexibility index (Phi) is 3.28. The maximum atomic E-state index is 10.1. The van der Waals surface area contributed by atoms with E-state index in [0.29, 0.717) is 6.54 Å². The molecule has 1 aliphatic rings. The van der Waals surface area contributed by atoms with Gasteiger partial charge in [0.05, 0.1) is 5.60 Å². The Labute approximate surface area is 104 Å². The van der Waals surface area contributed by atoms with E-state index < -0.39 is 5.60 Å². The molecule has 3 N–H and O–H groups in total. The van der Waals surface area contributed by atoms with Gasteiger partial charge in [-0.05, 0) is 50.7 Å². The molecule has 0 aromatic heterocycles. The third-order valence-electron chi connectivity index (χ3n) is 4.39. The summed E-state index contributed by atoms with van der Waals surface area (Å²) >= 11 is 0. The second-order valence-electron chi connectivity index (χ2n) is 5.80. The Bertz CT molecular complexity index is 388. The van der Waals surface area contributed by atoms with Crippen LogP contribution in [0.25, 0.3) is 0 Å². The maximum Gasteiger partial charge on any atom is 0.0620 e. The number of aryl methyl sites for hydroxylation is 1. The summed E-state index contributed by atoms with van der Waals surface area (Å²) in [6, 6.07) is 8.51. The van der Waals surface area contributed by atoms with Crippen molar-refractivity contribution in [1.29, 1.82) is 0 Å². The van der Waals surface area contributed by atoms with Crippen LogP contribution >= 0.6 is 0 Å². The second kappa shape index (κ2) is 4.43. The Morgan fingerprint density at radius 3 is 2.29 bits per heavy atom. The van der Waals surface area contributed by atoms with Crippen LogP contribution in [0.3, 0.4) is 0 Å². The SMILES string of the molecule is Cc1ccccc1C1(CN)CCC(C)(O)CC1. The lowest BCUT2D eigenvalue weighted by atomic mass is 9.65. The van der Waals surface area contributed by atoms with Crippen molar-refractivity contribution in [3.05, 3.63) is 35.4 Å². The van der Waals surface area contributed by atoms with Gasteiger partial charge in [0.15, 0.2) is 0 Å². The lowest BCUT2D eigenvalue weighted by Crippen LogP contribution is -2.44. The molecule has 1 fully saturated rings. The summed E-state index contributed by atoms with van der Waals surface area (Å²) in [4.78, 5) is 0. The van der Waals surface area contributed by atoms with Gasteiger partial charge in [-0.25, -0.2) is 0 Å². The smallest absolute Gasteiger partial charge is 0.0620 e. The first-order chi connectivity index (χ1) is 7.99. The van der Waals surface area contributed by atoms with Gasteiger partial charge < -0.3 is 10.8 Å². The molecule has 17 heavy (non-hydrogen) atoms. The van der Waals surface area contributed by atoms with Gasteiger partial charge in [-0.1, -0.05) is 24.3 Å². The van der Waals surface area contributed by atoms with Crippen LogP contribution in [-0.2, 0) is 5.41 Å². The number of hydrogen-bond donors (Lipinski definition) is 2. The predicted molar refractivity (Wildman–Crippen MR) is 71.0 cm³/mol. The molecule has 2 heteroatoms. The highest BCUT2D eigenvalue weighted by molar-refractivity contribution is 5.34. The van der Waals surface area contributed by atoms with Gasteiger partial charge in [0.1, 0.15) is 0 Å². The summed E-state index contributed by atoms with van der Waals surface area (Å²) in [7, 11) is 0. The van der Waals surface area contributed by atoms with E-state index in [0.717, 1.165) is 25.7 Å². The first-order valence-electron chi connectivity index (χ1n) is 6.48. The van der Waals surface area contributed by atoms with Crippen molar-refractivity contribution in [2.75, 3.05) is 6.54 Å². The molecule has 0 saturated heterocycles. The molecule has 0 spiro atoms. The standard InChI is InChI=1S/C15H23NO/c1-12-5-3-4-6-13(12)15(11-16)9-7-14(2,17)8-10-15/h3-6,17H,7-11,16H2,1-2H3. The van der Waals surface area contributed by atoms with Crippen LogP contribution in [0.15, 0.2) is 24.3 Å². The summed E-state index contributed by atoms with van der Waals surface area (Å²) < 4.78 is 0. The van der Waals surface area contributed by atoms with E-state index in [1.54, 1.807) is 0 Å². The molecule has 2 nitrogen and oxygen atoms in total. The van der Waals surface area contributed by atoms with E-state index in [1.165, 1.54) is 11.1 Å². The number of hydrogen-bond acceptors (Lipinski definition) is 2. The topological polar surface area (TPSA) is 46.2 Å². The molecule has 1 aromatic rings. The third kappa shape index (κ3) is 2.38. The van der Waals surface area contributed by atoms with Gasteiger partial charge in [-0.15, -0.1) is 0 Å². The molecule has 0 heterocycles. The molecule has 0 radical (unpaired) electrons. The fourth-order valence-electron chi connectivity index (χ4n) is 3.02. The van der Waals surface area contributed by atoms with Crippen LogP contribution in [0.1, 0.15) is 43.7 Å². The van der Waals surface area contributed by atoms with Crippen LogP contribution in [-0.4, -0.2) is 17.3 Å². The lowest BCUT2D eigenvalue weighted by molar-refractivity contribution is 0.00133. The van der Waals surface area contributed by atoms with Gasteiger partial charge in [-0.2, -0.15) is 0 Å². The van der Waals surface area contributed by atoms with Gasteiger partial charge in [0.25, 0.3) is 0 Å². The zero-order chi connectivity index (χ0) is 12.5. The summed E-state index contributed by atoms with van der Waals surface area (Å²) in [5.41, 5.74) is 8.32. The number of nitrogens with two attached hydrogens (primary N) is 1. The largest absolute Gasteiger partial charge is 0.390 e. The van der Waals surface area contributed by atoms with Crippen molar-refractivity contribution in [3.8, 4) is 0 Å². The van der Waals surface area contributed by atoms with Gasteiger partial charge in [0.2, 0.25) is 0 Å². The fourth-order valence-corrected chi connectivity index (χ4v) is 3.02. The van der Waals surface area contributed by atoms with Crippen molar-refractivity contribution in [2.45, 2.75) is 50.5 Å². The van der Waals surface area contributed by atoms with E-state index >= 15 is 0 Å². The van der Waals surface area contributed by atoms with Crippen LogP contribution in [0.4, 0.5) is 0 Å². The number of aliphatic hydroxyl groups is 1. The van der Waals surface area contributed by atoms with Gasteiger partial charge in [0, 0.05) is 12.0 Å². The zero-order valence-corrected chi connectivity index (χ0v) is 10.9. The highest BCUT2D eigenvalue weighted by atomic mass is 16.3. The highest BCUT2D eigenvalue weighted by Gasteiger charge is 2.40. The molecule has 0 unspecified atom stereocenters. The Morgan fingerprint density at radius 2 is 1.76 bits per heavy atom. The van der Waals surface area contributed by atoms with Crippen LogP contribution in [0.5, 0.6) is 0 Å². The minimum Gasteiger partial charge on any atom is -0.390 e. The van der Waals surface area contributed by atoms with Crippen LogP contribution in [0.2, 0.25) is 0 Å².